The Hall–Kier alpha value is -3.39. The van der Waals surface area contributed by atoms with Crippen LogP contribution in [0, 0.1) is 6.92 Å². The van der Waals surface area contributed by atoms with Crippen molar-refractivity contribution in [1.29, 1.82) is 0 Å². The molecule has 0 bridgehead atoms. The molecule has 0 unspecified atom stereocenters. The lowest BCUT2D eigenvalue weighted by Gasteiger charge is -2.32. The van der Waals surface area contributed by atoms with Crippen LogP contribution in [0.15, 0.2) is 43.0 Å². The minimum Gasteiger partial charge on any atom is -0.390 e. The van der Waals surface area contributed by atoms with Gasteiger partial charge in [-0.05, 0) is 62.3 Å². The van der Waals surface area contributed by atoms with Crippen molar-refractivity contribution in [2.75, 3.05) is 18.0 Å². The first-order valence-corrected chi connectivity index (χ1v) is 11.7. The van der Waals surface area contributed by atoms with Gasteiger partial charge in [0.25, 0.3) is 0 Å². The first-order chi connectivity index (χ1) is 16.2. The van der Waals surface area contributed by atoms with Crippen LogP contribution in [0.25, 0.3) is 22.2 Å². The van der Waals surface area contributed by atoms with Crippen LogP contribution in [-0.2, 0) is 6.61 Å². The summed E-state index contributed by atoms with van der Waals surface area (Å²) >= 11 is 0. The summed E-state index contributed by atoms with van der Waals surface area (Å²) in [6.45, 7) is 3.72. The zero-order chi connectivity index (χ0) is 22.4. The molecule has 0 radical (unpaired) electrons. The molecule has 0 atom stereocenters. The van der Waals surface area contributed by atoms with Gasteiger partial charge in [-0.3, -0.25) is 14.6 Å². The molecule has 0 amide bonds. The Morgan fingerprint density at radius 1 is 0.970 bits per heavy atom. The molecule has 168 valence electrons. The second-order valence-corrected chi connectivity index (χ2v) is 9.12. The van der Waals surface area contributed by atoms with Crippen molar-refractivity contribution in [2.45, 2.75) is 51.2 Å². The van der Waals surface area contributed by atoms with E-state index in [2.05, 4.69) is 30.6 Å². The molecule has 4 aromatic heterocycles. The molecule has 1 saturated heterocycles. The molecular formula is C25H27N7O. The Morgan fingerprint density at radius 2 is 1.76 bits per heavy atom. The smallest absolute Gasteiger partial charge is 0.225 e. The number of anilines is 1. The van der Waals surface area contributed by atoms with E-state index in [1.54, 1.807) is 0 Å². The third-order valence-corrected chi connectivity index (χ3v) is 6.86. The Balaban J connectivity index is 1.18. The van der Waals surface area contributed by atoms with Gasteiger partial charge in [0.2, 0.25) is 5.95 Å². The maximum absolute atomic E-state index is 9.31. The van der Waals surface area contributed by atoms with Gasteiger partial charge in [-0.25, -0.2) is 9.97 Å². The highest BCUT2D eigenvalue weighted by molar-refractivity contribution is 5.82. The molecule has 0 aromatic carbocycles. The minimum absolute atomic E-state index is 0.0585. The average molecular weight is 442 g/mol. The number of aryl methyl sites for hydroxylation is 1. The van der Waals surface area contributed by atoms with Gasteiger partial charge in [-0.15, -0.1) is 0 Å². The van der Waals surface area contributed by atoms with E-state index in [4.69, 9.17) is 10.1 Å². The summed E-state index contributed by atoms with van der Waals surface area (Å²) in [6, 6.07) is 6.23. The maximum atomic E-state index is 9.31. The van der Waals surface area contributed by atoms with Crippen molar-refractivity contribution in [3.63, 3.8) is 0 Å². The number of hydrogen-bond acceptors (Lipinski definition) is 7. The van der Waals surface area contributed by atoms with Gasteiger partial charge in [0.15, 0.2) is 0 Å². The van der Waals surface area contributed by atoms with Gasteiger partial charge in [-0.1, -0.05) is 0 Å². The SMILES string of the molecule is Cc1nc(CO)ccc1-c1cc2cnn(C3CCN(c4ncc(C5CC5)cn4)CC3)c2cn1. The predicted octanol–water partition coefficient (Wildman–Crippen LogP) is 3.80. The summed E-state index contributed by atoms with van der Waals surface area (Å²) in [7, 11) is 0. The molecule has 2 aliphatic rings. The van der Waals surface area contributed by atoms with Gasteiger partial charge < -0.3 is 10.0 Å². The molecular weight excluding hydrogens is 414 g/mol. The quantitative estimate of drug-likeness (QED) is 0.503. The van der Waals surface area contributed by atoms with Crippen LogP contribution >= 0.6 is 0 Å². The molecule has 5 heterocycles. The Morgan fingerprint density at radius 3 is 2.45 bits per heavy atom. The number of hydrogen-bond donors (Lipinski definition) is 1. The van der Waals surface area contributed by atoms with Crippen molar-refractivity contribution in [1.82, 2.24) is 29.7 Å². The standard InChI is InChI=1S/C25H27N7O/c1-16-22(5-4-20(15-33)30-16)23-10-18-13-29-32(24(18)14-26-23)21-6-8-31(9-7-21)25-27-11-19(12-28-25)17-2-3-17/h4-5,10-14,17,21,33H,2-3,6-9,15H2,1H3. The number of aliphatic hydroxyl groups excluding tert-OH is 1. The minimum atomic E-state index is -0.0585. The molecule has 4 aromatic rings. The van der Waals surface area contributed by atoms with E-state index in [9.17, 15) is 5.11 Å². The summed E-state index contributed by atoms with van der Waals surface area (Å²) in [5.74, 6) is 1.53. The number of pyridine rings is 2. The van der Waals surface area contributed by atoms with E-state index >= 15 is 0 Å². The number of aliphatic hydroxyl groups is 1. The zero-order valence-corrected chi connectivity index (χ0v) is 18.7. The number of fused-ring (bicyclic) bond motifs is 1. The summed E-state index contributed by atoms with van der Waals surface area (Å²) in [5.41, 5.74) is 5.71. The topological polar surface area (TPSA) is 92.9 Å². The van der Waals surface area contributed by atoms with Crippen molar-refractivity contribution < 1.29 is 5.11 Å². The lowest BCUT2D eigenvalue weighted by Crippen LogP contribution is -2.36. The third kappa shape index (κ3) is 3.84. The van der Waals surface area contributed by atoms with Gasteiger partial charge in [-0.2, -0.15) is 5.10 Å². The molecule has 8 heteroatoms. The second-order valence-electron chi connectivity index (χ2n) is 9.12. The Labute approximate surface area is 192 Å². The molecule has 1 N–H and O–H groups in total. The Bertz CT molecular complexity index is 1290. The highest BCUT2D eigenvalue weighted by atomic mass is 16.3. The number of aromatic nitrogens is 6. The lowest BCUT2D eigenvalue weighted by molar-refractivity contribution is 0.276. The van der Waals surface area contributed by atoms with Crippen LogP contribution < -0.4 is 4.90 Å². The van der Waals surface area contributed by atoms with E-state index in [1.807, 2.05) is 43.8 Å². The van der Waals surface area contributed by atoms with Crippen LogP contribution in [0.4, 0.5) is 5.95 Å². The maximum Gasteiger partial charge on any atom is 0.225 e. The largest absolute Gasteiger partial charge is 0.390 e. The first-order valence-electron chi connectivity index (χ1n) is 11.7. The average Bonchev–Trinajstić information content (AvgIpc) is 3.63. The highest BCUT2D eigenvalue weighted by Crippen LogP contribution is 2.39. The normalized spacial score (nSPS) is 17.1. The highest BCUT2D eigenvalue weighted by Gasteiger charge is 2.26. The monoisotopic (exact) mass is 441 g/mol. The van der Waals surface area contributed by atoms with E-state index in [0.717, 1.165) is 59.7 Å². The second kappa shape index (κ2) is 8.19. The fourth-order valence-electron chi connectivity index (χ4n) is 4.79. The third-order valence-electron chi connectivity index (χ3n) is 6.86. The van der Waals surface area contributed by atoms with Crippen LogP contribution in [0.5, 0.6) is 0 Å². The Kier molecular flexibility index (Phi) is 5.02. The number of piperidine rings is 1. The molecule has 1 aliphatic heterocycles. The molecule has 8 nitrogen and oxygen atoms in total. The predicted molar refractivity (Wildman–Crippen MR) is 126 cm³/mol. The number of rotatable bonds is 5. The molecule has 0 spiro atoms. The van der Waals surface area contributed by atoms with Crippen molar-refractivity contribution in [2.24, 2.45) is 0 Å². The zero-order valence-electron chi connectivity index (χ0n) is 18.7. The van der Waals surface area contributed by atoms with Gasteiger partial charge in [0, 0.05) is 42.1 Å². The van der Waals surface area contributed by atoms with Gasteiger partial charge in [0.1, 0.15) is 0 Å². The van der Waals surface area contributed by atoms with Crippen LogP contribution in [0.1, 0.15) is 54.6 Å². The van der Waals surface area contributed by atoms with Crippen LogP contribution in [0.3, 0.4) is 0 Å². The van der Waals surface area contributed by atoms with E-state index in [-0.39, 0.29) is 6.61 Å². The molecule has 33 heavy (non-hydrogen) atoms. The fraction of sp³-hybridized carbons (Fsp3) is 0.400. The summed E-state index contributed by atoms with van der Waals surface area (Å²) in [6.07, 6.45) is 12.4. The molecule has 2 fully saturated rings. The molecule has 1 aliphatic carbocycles. The lowest BCUT2D eigenvalue weighted by atomic mass is 10.0. The van der Waals surface area contributed by atoms with E-state index < -0.39 is 0 Å². The summed E-state index contributed by atoms with van der Waals surface area (Å²) < 4.78 is 2.13. The van der Waals surface area contributed by atoms with E-state index in [0.29, 0.717) is 17.7 Å². The van der Waals surface area contributed by atoms with Gasteiger partial charge in [0.05, 0.1) is 41.9 Å². The molecule has 1 saturated carbocycles. The molecule has 6 rings (SSSR count). The summed E-state index contributed by atoms with van der Waals surface area (Å²) in [4.78, 5) is 20.7. The summed E-state index contributed by atoms with van der Waals surface area (Å²) in [5, 5.41) is 15.1. The fourth-order valence-corrected chi connectivity index (χ4v) is 4.79. The number of nitrogens with zero attached hydrogens (tertiary/aromatic N) is 7. The van der Waals surface area contributed by atoms with Gasteiger partial charge >= 0.3 is 0 Å². The van der Waals surface area contributed by atoms with Crippen molar-refractivity contribution in [3.8, 4) is 11.3 Å². The van der Waals surface area contributed by atoms with Crippen molar-refractivity contribution >= 4 is 16.9 Å². The first kappa shape index (κ1) is 20.2. The van der Waals surface area contributed by atoms with E-state index in [1.165, 1.54) is 18.4 Å². The van der Waals surface area contributed by atoms with Crippen molar-refractivity contribution in [3.05, 3.63) is 59.9 Å². The van der Waals surface area contributed by atoms with Crippen LogP contribution in [0.2, 0.25) is 0 Å². The van der Waals surface area contributed by atoms with Crippen LogP contribution in [-0.4, -0.2) is 47.9 Å².